The summed E-state index contributed by atoms with van der Waals surface area (Å²) in [6, 6.07) is 10.9. The average molecular weight is 431 g/mol. The maximum atomic E-state index is 13.3. The molecule has 5 nitrogen and oxygen atoms in total. The second-order valence-corrected chi connectivity index (χ2v) is 10.2. The number of hydrogen-bond donors (Lipinski definition) is 1. The fourth-order valence-electron chi connectivity index (χ4n) is 4.59. The van der Waals surface area contributed by atoms with Crippen molar-refractivity contribution in [2.45, 2.75) is 80.6 Å². The van der Waals surface area contributed by atoms with Gasteiger partial charge in [0.05, 0.1) is 5.75 Å². The highest BCUT2D eigenvalue weighted by molar-refractivity contribution is 8.01. The fraction of sp³-hybridized carbons (Fsp3) is 0.591. The van der Waals surface area contributed by atoms with E-state index >= 15 is 0 Å². The largest absolute Gasteiger partial charge is 0.336 e. The van der Waals surface area contributed by atoms with Gasteiger partial charge in [0.25, 0.3) is 0 Å². The van der Waals surface area contributed by atoms with Crippen LogP contribution in [0.4, 0.5) is 10.8 Å². The Kier molecular flexibility index (Phi) is 7.44. The van der Waals surface area contributed by atoms with E-state index in [2.05, 4.69) is 20.4 Å². The summed E-state index contributed by atoms with van der Waals surface area (Å²) < 4.78 is 0.851. The van der Waals surface area contributed by atoms with Gasteiger partial charge in [0.2, 0.25) is 11.0 Å². The number of anilines is 2. The van der Waals surface area contributed by atoms with Crippen molar-refractivity contribution >= 4 is 39.8 Å². The van der Waals surface area contributed by atoms with Crippen LogP contribution in [0.25, 0.3) is 0 Å². The quantitative estimate of drug-likeness (QED) is 0.557. The minimum Gasteiger partial charge on any atom is -0.336 e. The molecule has 0 spiro atoms. The van der Waals surface area contributed by atoms with Crippen LogP contribution in [0.15, 0.2) is 34.7 Å². The third kappa shape index (κ3) is 5.72. The molecule has 1 heterocycles. The van der Waals surface area contributed by atoms with Crippen molar-refractivity contribution in [3.8, 4) is 0 Å². The summed E-state index contributed by atoms with van der Waals surface area (Å²) in [5.74, 6) is 0.758. The number of nitrogens with zero attached hydrogens (tertiary/aromatic N) is 3. The molecule has 0 unspecified atom stereocenters. The van der Waals surface area contributed by atoms with Crippen molar-refractivity contribution < 1.29 is 4.79 Å². The van der Waals surface area contributed by atoms with Crippen LogP contribution in [-0.2, 0) is 4.79 Å². The first-order chi connectivity index (χ1) is 14.3. The number of rotatable bonds is 7. The van der Waals surface area contributed by atoms with Crippen molar-refractivity contribution in [1.29, 1.82) is 0 Å². The maximum Gasteiger partial charge on any atom is 0.233 e. The van der Waals surface area contributed by atoms with Crippen LogP contribution in [0, 0.1) is 0 Å². The summed E-state index contributed by atoms with van der Waals surface area (Å²) >= 11 is 3.04. The third-order valence-corrected chi connectivity index (χ3v) is 7.93. The van der Waals surface area contributed by atoms with Crippen LogP contribution in [0.5, 0.6) is 0 Å². The predicted molar refractivity (Wildman–Crippen MR) is 121 cm³/mol. The van der Waals surface area contributed by atoms with Gasteiger partial charge in [0.15, 0.2) is 4.34 Å². The molecule has 4 rings (SSSR count). The molecule has 156 valence electrons. The molecule has 0 atom stereocenters. The lowest BCUT2D eigenvalue weighted by Gasteiger charge is -2.41. The summed E-state index contributed by atoms with van der Waals surface area (Å²) in [6.07, 6.45) is 12.4. The zero-order chi connectivity index (χ0) is 19.9. The number of carbonyl (C=O) groups is 1. The minimum atomic E-state index is 0.293. The van der Waals surface area contributed by atoms with Crippen LogP contribution < -0.4 is 5.32 Å². The molecule has 1 N–H and O–H groups in total. The lowest BCUT2D eigenvalue weighted by Crippen LogP contribution is -2.49. The molecule has 1 aromatic heterocycles. The topological polar surface area (TPSA) is 58.1 Å². The molecular formula is C22H30N4OS2. The van der Waals surface area contributed by atoms with E-state index in [1.54, 1.807) is 0 Å². The first-order valence-corrected chi connectivity index (χ1v) is 12.7. The molecule has 2 saturated carbocycles. The highest BCUT2D eigenvalue weighted by atomic mass is 32.2. The van der Waals surface area contributed by atoms with Crippen LogP contribution in [0.2, 0.25) is 0 Å². The SMILES string of the molecule is O=C(CSc1nnc(Nc2ccccc2)s1)N(C1CCCCC1)C1CCCCC1. The lowest BCUT2D eigenvalue weighted by atomic mass is 9.88. The Hall–Kier alpha value is -1.60. The summed E-state index contributed by atoms with van der Waals surface area (Å²) in [6.45, 7) is 0. The van der Waals surface area contributed by atoms with Crippen molar-refractivity contribution in [2.24, 2.45) is 0 Å². The number of benzene rings is 1. The Morgan fingerprint density at radius 2 is 1.59 bits per heavy atom. The number of nitrogens with one attached hydrogen (secondary N) is 1. The van der Waals surface area contributed by atoms with Crippen molar-refractivity contribution in [3.63, 3.8) is 0 Å². The maximum absolute atomic E-state index is 13.3. The van der Waals surface area contributed by atoms with E-state index in [1.807, 2.05) is 30.3 Å². The van der Waals surface area contributed by atoms with E-state index in [9.17, 15) is 4.79 Å². The van der Waals surface area contributed by atoms with E-state index in [0.29, 0.717) is 23.7 Å². The van der Waals surface area contributed by atoms with Gasteiger partial charge in [-0.25, -0.2) is 0 Å². The molecule has 1 aromatic carbocycles. The van der Waals surface area contributed by atoms with E-state index in [1.165, 1.54) is 87.3 Å². The molecule has 1 amide bonds. The highest BCUT2D eigenvalue weighted by Gasteiger charge is 2.32. The lowest BCUT2D eigenvalue weighted by molar-refractivity contribution is -0.135. The van der Waals surface area contributed by atoms with Gasteiger partial charge >= 0.3 is 0 Å². The minimum absolute atomic E-state index is 0.293. The summed E-state index contributed by atoms with van der Waals surface area (Å²) in [5, 5.41) is 12.5. The van der Waals surface area contributed by atoms with E-state index in [0.717, 1.165) is 15.2 Å². The smallest absolute Gasteiger partial charge is 0.233 e. The molecule has 2 fully saturated rings. The number of aromatic nitrogens is 2. The number of para-hydroxylation sites is 1. The van der Waals surface area contributed by atoms with Crippen LogP contribution in [-0.4, -0.2) is 38.8 Å². The molecule has 0 radical (unpaired) electrons. The first-order valence-electron chi connectivity index (χ1n) is 10.9. The van der Waals surface area contributed by atoms with Gasteiger partial charge in [-0.2, -0.15) is 0 Å². The Morgan fingerprint density at radius 3 is 2.21 bits per heavy atom. The van der Waals surface area contributed by atoms with E-state index in [-0.39, 0.29) is 0 Å². The summed E-state index contributed by atoms with van der Waals surface area (Å²) in [7, 11) is 0. The van der Waals surface area contributed by atoms with Gasteiger partial charge in [-0.3, -0.25) is 4.79 Å². The number of amides is 1. The highest BCUT2D eigenvalue weighted by Crippen LogP contribution is 2.32. The van der Waals surface area contributed by atoms with E-state index in [4.69, 9.17) is 0 Å². The molecule has 0 saturated heterocycles. The molecule has 0 bridgehead atoms. The molecule has 29 heavy (non-hydrogen) atoms. The summed E-state index contributed by atoms with van der Waals surface area (Å²) in [4.78, 5) is 15.5. The van der Waals surface area contributed by atoms with Crippen LogP contribution in [0.3, 0.4) is 0 Å². The number of thioether (sulfide) groups is 1. The Balaban J connectivity index is 1.36. The predicted octanol–water partition coefficient (Wildman–Crippen LogP) is 5.87. The van der Waals surface area contributed by atoms with Gasteiger partial charge in [-0.05, 0) is 37.8 Å². The second kappa shape index (κ2) is 10.4. The van der Waals surface area contributed by atoms with Crippen molar-refractivity contribution in [1.82, 2.24) is 15.1 Å². The standard InChI is InChI=1S/C22H30N4OS2/c27-20(26(18-12-6-2-7-13-18)19-14-8-3-9-15-19)16-28-22-25-24-21(29-22)23-17-10-4-1-5-11-17/h1,4-5,10-11,18-19H,2-3,6-9,12-16H2,(H,23,24). The van der Waals surface area contributed by atoms with Gasteiger partial charge < -0.3 is 10.2 Å². The molecular weight excluding hydrogens is 400 g/mol. The first kappa shape index (κ1) is 20.7. The molecule has 0 aliphatic heterocycles. The van der Waals surface area contributed by atoms with Gasteiger partial charge in [0.1, 0.15) is 0 Å². The van der Waals surface area contributed by atoms with Crippen molar-refractivity contribution in [2.75, 3.05) is 11.1 Å². The zero-order valence-electron chi connectivity index (χ0n) is 16.9. The number of carbonyl (C=O) groups excluding carboxylic acids is 1. The van der Waals surface area contributed by atoms with Gasteiger partial charge in [-0.15, -0.1) is 10.2 Å². The van der Waals surface area contributed by atoms with Gasteiger partial charge in [0, 0.05) is 17.8 Å². The fourth-order valence-corrected chi connectivity index (χ4v) is 6.23. The zero-order valence-corrected chi connectivity index (χ0v) is 18.5. The average Bonchev–Trinajstić information content (AvgIpc) is 3.22. The Labute approximate surface area is 181 Å². The van der Waals surface area contributed by atoms with Crippen molar-refractivity contribution in [3.05, 3.63) is 30.3 Å². The van der Waals surface area contributed by atoms with Gasteiger partial charge in [-0.1, -0.05) is 79.8 Å². The van der Waals surface area contributed by atoms with Crippen LogP contribution >= 0.6 is 23.1 Å². The molecule has 7 heteroatoms. The second-order valence-electron chi connectivity index (χ2n) is 8.04. The molecule has 2 aromatic rings. The Morgan fingerprint density at radius 1 is 0.966 bits per heavy atom. The Bertz CT molecular complexity index is 752. The molecule has 2 aliphatic carbocycles. The monoisotopic (exact) mass is 430 g/mol. The van der Waals surface area contributed by atoms with Crippen LogP contribution in [0.1, 0.15) is 64.2 Å². The third-order valence-electron chi connectivity index (χ3n) is 5.97. The molecule has 2 aliphatic rings. The number of hydrogen-bond acceptors (Lipinski definition) is 6. The normalized spacial score (nSPS) is 18.5. The van der Waals surface area contributed by atoms with E-state index < -0.39 is 0 Å². The summed E-state index contributed by atoms with van der Waals surface area (Å²) in [5.41, 5.74) is 0.997.